The van der Waals surface area contributed by atoms with Gasteiger partial charge in [0.25, 0.3) is 0 Å². The van der Waals surface area contributed by atoms with Gasteiger partial charge in [-0.2, -0.15) is 0 Å². The Hall–Kier alpha value is -0.620. The number of hydrogen-bond acceptors (Lipinski definition) is 5. The number of rotatable bonds is 0. The standard InChI is InChI=1S/C13H20O5/c1-12(2)15-7-9-11(17-12)10-8(5-6-14-9)16-13(3,4)18-10/h5-6,8-11H,7H2,1-4H3/t8-,9-,10-,11-/m1/s1. The predicted molar refractivity (Wildman–Crippen MR) is 62.7 cm³/mol. The first-order valence-corrected chi connectivity index (χ1v) is 6.36. The highest BCUT2D eigenvalue weighted by Crippen LogP contribution is 2.38. The Kier molecular flexibility index (Phi) is 2.71. The summed E-state index contributed by atoms with van der Waals surface area (Å²) in [4.78, 5) is 0. The van der Waals surface area contributed by atoms with Crippen LogP contribution in [0.5, 0.6) is 0 Å². The highest BCUT2D eigenvalue weighted by Gasteiger charge is 2.52. The molecule has 0 aromatic carbocycles. The van der Waals surface area contributed by atoms with E-state index < -0.39 is 11.6 Å². The van der Waals surface area contributed by atoms with Gasteiger partial charge in [0.2, 0.25) is 0 Å². The summed E-state index contributed by atoms with van der Waals surface area (Å²) in [6.07, 6.45) is 2.92. The lowest BCUT2D eigenvalue weighted by molar-refractivity contribution is -0.321. The third kappa shape index (κ3) is 2.16. The minimum atomic E-state index is -0.616. The molecule has 3 rings (SSSR count). The Balaban J connectivity index is 1.86. The van der Waals surface area contributed by atoms with Crippen LogP contribution in [0, 0.1) is 0 Å². The fourth-order valence-electron chi connectivity index (χ4n) is 2.65. The fraction of sp³-hybridized carbons (Fsp3) is 0.846. The summed E-state index contributed by atoms with van der Waals surface area (Å²) in [5.41, 5.74) is 0. The fourth-order valence-corrected chi connectivity index (χ4v) is 2.65. The van der Waals surface area contributed by atoms with E-state index in [0.29, 0.717) is 6.61 Å². The van der Waals surface area contributed by atoms with Crippen LogP contribution in [0.15, 0.2) is 12.3 Å². The second-order valence-electron chi connectivity index (χ2n) is 5.86. The van der Waals surface area contributed by atoms with Gasteiger partial charge in [-0.3, -0.25) is 0 Å². The molecule has 0 radical (unpaired) electrons. The van der Waals surface area contributed by atoms with E-state index in [1.165, 1.54) is 0 Å². The van der Waals surface area contributed by atoms with Crippen LogP contribution >= 0.6 is 0 Å². The van der Waals surface area contributed by atoms with Crippen LogP contribution < -0.4 is 0 Å². The monoisotopic (exact) mass is 256 g/mol. The highest BCUT2D eigenvalue weighted by molar-refractivity contribution is 5.04. The molecule has 5 heteroatoms. The molecule has 0 saturated carbocycles. The first-order chi connectivity index (χ1) is 8.36. The summed E-state index contributed by atoms with van der Waals surface area (Å²) >= 11 is 0. The molecule has 3 heterocycles. The van der Waals surface area contributed by atoms with Crippen LogP contribution in [-0.4, -0.2) is 42.6 Å². The topological polar surface area (TPSA) is 46.2 Å². The minimum Gasteiger partial charge on any atom is -0.493 e. The number of ether oxygens (including phenoxy) is 5. The van der Waals surface area contributed by atoms with Crippen molar-refractivity contribution in [2.75, 3.05) is 6.61 Å². The maximum atomic E-state index is 5.97. The van der Waals surface area contributed by atoms with Crippen molar-refractivity contribution in [3.8, 4) is 0 Å². The van der Waals surface area contributed by atoms with Crippen molar-refractivity contribution in [1.29, 1.82) is 0 Å². The molecule has 0 unspecified atom stereocenters. The number of fused-ring (bicyclic) bond motifs is 3. The molecular formula is C13H20O5. The second-order valence-corrected chi connectivity index (χ2v) is 5.86. The third-order valence-electron chi connectivity index (χ3n) is 3.39. The summed E-state index contributed by atoms with van der Waals surface area (Å²) in [5.74, 6) is -1.21. The Morgan fingerprint density at radius 1 is 0.944 bits per heavy atom. The average Bonchev–Trinajstić information content (AvgIpc) is 2.47. The largest absolute Gasteiger partial charge is 0.493 e. The molecule has 0 aliphatic carbocycles. The summed E-state index contributed by atoms with van der Waals surface area (Å²) in [7, 11) is 0. The molecule has 18 heavy (non-hydrogen) atoms. The molecule has 0 bridgehead atoms. The van der Waals surface area contributed by atoms with Crippen molar-refractivity contribution in [2.45, 2.75) is 63.7 Å². The van der Waals surface area contributed by atoms with E-state index in [1.54, 1.807) is 6.26 Å². The maximum Gasteiger partial charge on any atom is 0.164 e. The molecule has 4 atom stereocenters. The first kappa shape index (κ1) is 12.4. The normalized spacial score (nSPS) is 44.7. The van der Waals surface area contributed by atoms with Crippen LogP contribution in [0.4, 0.5) is 0 Å². The predicted octanol–water partition coefficient (Wildman–Crippen LogP) is 1.57. The lowest BCUT2D eigenvalue weighted by Crippen LogP contribution is -2.55. The molecule has 0 spiro atoms. The summed E-state index contributed by atoms with van der Waals surface area (Å²) in [6, 6.07) is 0. The van der Waals surface area contributed by atoms with E-state index in [2.05, 4.69) is 0 Å². The summed E-state index contributed by atoms with van der Waals surface area (Å²) in [5, 5.41) is 0. The molecule has 3 aliphatic heterocycles. The SMILES string of the molecule is CC1(C)OC[C@H]2OC=C[C@H]3OC(C)(C)O[C@H]3[C@@H]2O1. The summed E-state index contributed by atoms with van der Waals surface area (Å²) in [6.45, 7) is 8.12. The Morgan fingerprint density at radius 3 is 2.44 bits per heavy atom. The van der Waals surface area contributed by atoms with E-state index in [1.807, 2.05) is 33.8 Å². The van der Waals surface area contributed by atoms with Crippen LogP contribution in [0.3, 0.4) is 0 Å². The van der Waals surface area contributed by atoms with Crippen LogP contribution in [0.1, 0.15) is 27.7 Å². The van der Waals surface area contributed by atoms with Gasteiger partial charge < -0.3 is 23.7 Å². The van der Waals surface area contributed by atoms with Crippen molar-refractivity contribution in [3.05, 3.63) is 12.3 Å². The quantitative estimate of drug-likeness (QED) is 0.658. The van der Waals surface area contributed by atoms with Crippen molar-refractivity contribution < 1.29 is 23.7 Å². The van der Waals surface area contributed by atoms with Crippen molar-refractivity contribution >= 4 is 0 Å². The third-order valence-corrected chi connectivity index (χ3v) is 3.39. The molecule has 0 N–H and O–H groups in total. The molecule has 102 valence electrons. The molecular weight excluding hydrogens is 236 g/mol. The second kappa shape index (κ2) is 3.93. The van der Waals surface area contributed by atoms with E-state index in [4.69, 9.17) is 23.7 Å². The molecule has 0 aromatic rings. The Bertz CT molecular complexity index is 362. The van der Waals surface area contributed by atoms with Gasteiger partial charge >= 0.3 is 0 Å². The molecule has 2 fully saturated rings. The van der Waals surface area contributed by atoms with Gasteiger partial charge in [0, 0.05) is 0 Å². The molecule has 5 nitrogen and oxygen atoms in total. The molecule has 0 amide bonds. The van der Waals surface area contributed by atoms with Gasteiger partial charge in [0.1, 0.15) is 24.4 Å². The zero-order valence-corrected chi connectivity index (χ0v) is 11.2. The van der Waals surface area contributed by atoms with E-state index in [0.717, 1.165) is 0 Å². The Labute approximate surface area is 107 Å². The van der Waals surface area contributed by atoms with Crippen LogP contribution in [0.25, 0.3) is 0 Å². The van der Waals surface area contributed by atoms with Crippen LogP contribution in [0.2, 0.25) is 0 Å². The van der Waals surface area contributed by atoms with E-state index in [9.17, 15) is 0 Å². The van der Waals surface area contributed by atoms with E-state index in [-0.39, 0.29) is 24.4 Å². The average molecular weight is 256 g/mol. The van der Waals surface area contributed by atoms with Gasteiger partial charge in [-0.15, -0.1) is 0 Å². The van der Waals surface area contributed by atoms with Gasteiger partial charge in [-0.05, 0) is 33.8 Å². The molecule has 0 aromatic heterocycles. The lowest BCUT2D eigenvalue weighted by atomic mass is 10.0. The molecule has 2 saturated heterocycles. The van der Waals surface area contributed by atoms with Crippen molar-refractivity contribution in [2.24, 2.45) is 0 Å². The van der Waals surface area contributed by atoms with Gasteiger partial charge in [0.15, 0.2) is 11.6 Å². The van der Waals surface area contributed by atoms with Gasteiger partial charge in [-0.1, -0.05) is 0 Å². The van der Waals surface area contributed by atoms with Crippen LogP contribution in [-0.2, 0) is 23.7 Å². The zero-order valence-electron chi connectivity index (χ0n) is 11.2. The van der Waals surface area contributed by atoms with Crippen molar-refractivity contribution in [3.63, 3.8) is 0 Å². The smallest absolute Gasteiger partial charge is 0.164 e. The van der Waals surface area contributed by atoms with E-state index >= 15 is 0 Å². The summed E-state index contributed by atoms with van der Waals surface area (Å²) < 4.78 is 29.0. The minimum absolute atomic E-state index is 0.135. The number of hydrogen-bond donors (Lipinski definition) is 0. The maximum absolute atomic E-state index is 5.97. The lowest BCUT2D eigenvalue weighted by Gasteiger charge is -2.42. The first-order valence-electron chi connectivity index (χ1n) is 6.36. The van der Waals surface area contributed by atoms with Gasteiger partial charge in [-0.25, -0.2) is 0 Å². The zero-order chi connectivity index (χ0) is 13.0. The highest BCUT2D eigenvalue weighted by atomic mass is 16.8. The van der Waals surface area contributed by atoms with Crippen molar-refractivity contribution in [1.82, 2.24) is 0 Å². The van der Waals surface area contributed by atoms with Gasteiger partial charge in [0.05, 0.1) is 12.9 Å². The molecule has 3 aliphatic rings. The Morgan fingerprint density at radius 2 is 1.67 bits per heavy atom.